The van der Waals surface area contributed by atoms with Crippen molar-refractivity contribution in [3.8, 4) is 0 Å². The molecule has 0 saturated carbocycles. The SMILES string of the molecule is C=C(NCc1ccncc1)c1cccc(N/C(N)=C/C=C(\N)c2ccccc2)c1. The number of aromatic nitrogens is 1. The van der Waals surface area contributed by atoms with E-state index >= 15 is 0 Å². The van der Waals surface area contributed by atoms with Crippen molar-refractivity contribution < 1.29 is 0 Å². The first-order valence-corrected chi connectivity index (χ1v) is 9.29. The van der Waals surface area contributed by atoms with Gasteiger partial charge in [0.2, 0.25) is 0 Å². The largest absolute Gasteiger partial charge is 0.398 e. The number of nitrogens with zero attached hydrogens (tertiary/aromatic N) is 1. The number of rotatable bonds is 8. The molecule has 0 saturated heterocycles. The maximum Gasteiger partial charge on any atom is 0.101 e. The van der Waals surface area contributed by atoms with Crippen LogP contribution in [0.2, 0.25) is 0 Å². The Kier molecular flexibility index (Phi) is 6.68. The van der Waals surface area contributed by atoms with Gasteiger partial charge in [0.25, 0.3) is 0 Å². The summed E-state index contributed by atoms with van der Waals surface area (Å²) in [5.41, 5.74) is 17.6. The Balaban J connectivity index is 1.62. The standard InChI is InChI=1S/C24H25N5/c1-18(28-17-19-12-14-27-15-13-19)21-8-5-9-22(16-21)29-24(26)11-10-23(25)20-6-3-2-4-7-20/h2-16,28-29H,1,17,25-26H2/b23-10-,24-11+. The lowest BCUT2D eigenvalue weighted by Crippen LogP contribution is -2.12. The van der Waals surface area contributed by atoms with Crippen molar-refractivity contribution in [2.45, 2.75) is 6.54 Å². The Bertz CT molecular complexity index is 1010. The fraction of sp³-hybridized carbons (Fsp3) is 0.0417. The first-order chi connectivity index (χ1) is 14.1. The molecule has 5 nitrogen and oxygen atoms in total. The molecular weight excluding hydrogens is 358 g/mol. The van der Waals surface area contributed by atoms with Gasteiger partial charge in [-0.15, -0.1) is 0 Å². The normalized spacial score (nSPS) is 11.7. The summed E-state index contributed by atoms with van der Waals surface area (Å²) in [6.45, 7) is 4.81. The van der Waals surface area contributed by atoms with Gasteiger partial charge >= 0.3 is 0 Å². The van der Waals surface area contributed by atoms with Crippen LogP contribution in [0, 0.1) is 0 Å². The predicted molar refractivity (Wildman–Crippen MR) is 121 cm³/mol. The van der Waals surface area contributed by atoms with E-state index in [4.69, 9.17) is 11.5 Å². The van der Waals surface area contributed by atoms with E-state index < -0.39 is 0 Å². The Morgan fingerprint density at radius 1 is 0.897 bits per heavy atom. The van der Waals surface area contributed by atoms with E-state index in [1.807, 2.05) is 66.7 Å². The van der Waals surface area contributed by atoms with Crippen molar-refractivity contribution >= 4 is 17.1 Å². The third-order valence-corrected chi connectivity index (χ3v) is 4.30. The van der Waals surface area contributed by atoms with Crippen LogP contribution in [0.25, 0.3) is 11.4 Å². The second-order valence-electron chi connectivity index (χ2n) is 6.50. The zero-order valence-electron chi connectivity index (χ0n) is 16.2. The number of nitrogens with one attached hydrogen (secondary N) is 2. The Morgan fingerprint density at radius 3 is 2.38 bits per heavy atom. The second-order valence-corrected chi connectivity index (χ2v) is 6.50. The monoisotopic (exact) mass is 383 g/mol. The predicted octanol–water partition coefficient (Wildman–Crippen LogP) is 4.05. The average molecular weight is 383 g/mol. The molecule has 0 atom stereocenters. The van der Waals surface area contributed by atoms with Crippen LogP contribution in [0.15, 0.2) is 104 Å². The number of nitrogens with two attached hydrogens (primary N) is 2. The molecule has 0 aliphatic heterocycles. The summed E-state index contributed by atoms with van der Waals surface area (Å²) < 4.78 is 0. The minimum absolute atomic E-state index is 0.497. The van der Waals surface area contributed by atoms with Crippen LogP contribution in [0.3, 0.4) is 0 Å². The molecular formula is C24H25N5. The van der Waals surface area contributed by atoms with Gasteiger partial charge in [0.1, 0.15) is 5.82 Å². The highest BCUT2D eigenvalue weighted by Crippen LogP contribution is 2.17. The fourth-order valence-corrected chi connectivity index (χ4v) is 2.71. The molecule has 0 amide bonds. The molecule has 1 heterocycles. The molecule has 0 aliphatic rings. The summed E-state index contributed by atoms with van der Waals surface area (Å²) in [6, 6.07) is 21.6. The third-order valence-electron chi connectivity index (χ3n) is 4.30. The number of hydrogen-bond acceptors (Lipinski definition) is 5. The summed E-state index contributed by atoms with van der Waals surface area (Å²) in [7, 11) is 0. The summed E-state index contributed by atoms with van der Waals surface area (Å²) in [5.74, 6) is 0.497. The number of hydrogen-bond donors (Lipinski definition) is 4. The van der Waals surface area contributed by atoms with Crippen molar-refractivity contribution in [1.82, 2.24) is 10.3 Å². The summed E-state index contributed by atoms with van der Waals surface area (Å²) >= 11 is 0. The third kappa shape index (κ3) is 6.01. The van der Waals surface area contributed by atoms with Gasteiger partial charge in [0, 0.05) is 36.0 Å². The van der Waals surface area contributed by atoms with Crippen LogP contribution >= 0.6 is 0 Å². The molecule has 0 unspecified atom stereocenters. The van der Waals surface area contributed by atoms with Gasteiger partial charge in [-0.25, -0.2) is 0 Å². The summed E-state index contributed by atoms with van der Waals surface area (Å²) in [4.78, 5) is 4.03. The molecule has 146 valence electrons. The van der Waals surface area contributed by atoms with Gasteiger partial charge in [0.05, 0.1) is 0 Å². The first kappa shape index (κ1) is 19.8. The number of allylic oxidation sites excluding steroid dienone is 2. The molecule has 0 aliphatic carbocycles. The van der Waals surface area contributed by atoms with E-state index in [0.29, 0.717) is 18.1 Å². The maximum atomic E-state index is 6.10. The first-order valence-electron chi connectivity index (χ1n) is 9.29. The quantitative estimate of drug-likeness (QED) is 0.441. The zero-order valence-corrected chi connectivity index (χ0v) is 16.2. The van der Waals surface area contributed by atoms with Crippen LogP contribution in [0.5, 0.6) is 0 Å². The van der Waals surface area contributed by atoms with E-state index in [9.17, 15) is 0 Å². The Morgan fingerprint density at radius 2 is 1.62 bits per heavy atom. The average Bonchev–Trinajstić information content (AvgIpc) is 2.77. The number of anilines is 1. The highest BCUT2D eigenvalue weighted by Gasteiger charge is 2.02. The molecule has 0 fully saturated rings. The molecule has 3 rings (SSSR count). The van der Waals surface area contributed by atoms with E-state index in [1.165, 1.54) is 0 Å². The summed E-state index contributed by atoms with van der Waals surface area (Å²) in [6.07, 6.45) is 7.10. The van der Waals surface area contributed by atoms with Crippen molar-refractivity contribution in [2.75, 3.05) is 5.32 Å². The lowest BCUT2D eigenvalue weighted by molar-refractivity contribution is 0.888. The Hall–Kier alpha value is -3.99. The van der Waals surface area contributed by atoms with Gasteiger partial charge in [0.15, 0.2) is 0 Å². The fourth-order valence-electron chi connectivity index (χ4n) is 2.71. The van der Waals surface area contributed by atoms with E-state index in [-0.39, 0.29) is 0 Å². The minimum atomic E-state index is 0.497. The van der Waals surface area contributed by atoms with Gasteiger partial charge in [-0.2, -0.15) is 0 Å². The van der Waals surface area contributed by atoms with E-state index in [2.05, 4.69) is 22.2 Å². The van der Waals surface area contributed by atoms with Gasteiger partial charge in [-0.05, 0) is 53.1 Å². The van der Waals surface area contributed by atoms with Crippen LogP contribution < -0.4 is 22.1 Å². The van der Waals surface area contributed by atoms with Crippen LogP contribution in [-0.4, -0.2) is 4.98 Å². The van der Waals surface area contributed by atoms with Gasteiger partial charge < -0.3 is 22.1 Å². The topological polar surface area (TPSA) is 89.0 Å². The summed E-state index contributed by atoms with van der Waals surface area (Å²) in [5, 5.41) is 6.51. The molecule has 3 aromatic rings. The highest BCUT2D eigenvalue weighted by atomic mass is 15.0. The minimum Gasteiger partial charge on any atom is -0.398 e. The van der Waals surface area contributed by atoms with Crippen molar-refractivity contribution in [3.63, 3.8) is 0 Å². The second kappa shape index (κ2) is 9.80. The molecule has 0 bridgehead atoms. The van der Waals surface area contributed by atoms with E-state index in [0.717, 1.165) is 28.1 Å². The van der Waals surface area contributed by atoms with Crippen LogP contribution in [0.4, 0.5) is 5.69 Å². The number of pyridine rings is 1. The lowest BCUT2D eigenvalue weighted by Gasteiger charge is -2.12. The van der Waals surface area contributed by atoms with Crippen molar-refractivity contribution in [2.24, 2.45) is 11.5 Å². The van der Waals surface area contributed by atoms with Crippen molar-refractivity contribution in [1.29, 1.82) is 0 Å². The smallest absolute Gasteiger partial charge is 0.101 e. The number of benzene rings is 2. The van der Waals surface area contributed by atoms with Gasteiger partial charge in [-0.1, -0.05) is 49.0 Å². The van der Waals surface area contributed by atoms with Crippen LogP contribution in [-0.2, 0) is 6.54 Å². The molecule has 0 radical (unpaired) electrons. The molecule has 29 heavy (non-hydrogen) atoms. The van der Waals surface area contributed by atoms with Crippen molar-refractivity contribution in [3.05, 3.63) is 120 Å². The molecule has 2 aromatic carbocycles. The molecule has 1 aromatic heterocycles. The zero-order chi connectivity index (χ0) is 20.5. The molecule has 0 spiro atoms. The molecule has 6 N–H and O–H groups in total. The highest BCUT2D eigenvalue weighted by molar-refractivity contribution is 5.67. The lowest BCUT2D eigenvalue weighted by atomic mass is 10.1. The Labute approximate surface area is 171 Å². The van der Waals surface area contributed by atoms with Crippen LogP contribution in [0.1, 0.15) is 16.7 Å². The molecule has 5 heteroatoms. The maximum absolute atomic E-state index is 6.10. The van der Waals surface area contributed by atoms with Gasteiger partial charge in [-0.3, -0.25) is 4.98 Å². The van der Waals surface area contributed by atoms with E-state index in [1.54, 1.807) is 24.5 Å².